The predicted molar refractivity (Wildman–Crippen MR) is 173 cm³/mol. The van der Waals surface area contributed by atoms with E-state index in [2.05, 4.69) is 0 Å². The van der Waals surface area contributed by atoms with E-state index in [0.717, 1.165) is 27.8 Å². The van der Waals surface area contributed by atoms with E-state index in [1.165, 1.54) is 25.7 Å². The highest BCUT2D eigenvalue weighted by Crippen LogP contribution is 2.38. The highest BCUT2D eigenvalue weighted by atomic mass is 32.2. The van der Waals surface area contributed by atoms with Crippen LogP contribution in [0.4, 0.5) is 5.69 Å². The molecule has 3 aromatic heterocycles. The van der Waals surface area contributed by atoms with Gasteiger partial charge in [0.1, 0.15) is 16.4 Å². The second-order valence-corrected chi connectivity index (χ2v) is 12.6. The molecule has 8 nitrogen and oxygen atoms in total. The summed E-state index contributed by atoms with van der Waals surface area (Å²) in [6, 6.07) is 20.8. The number of aromatic nitrogens is 4. The number of fused-ring (bicyclic) bond motifs is 1. The molecule has 2 aromatic carbocycles. The quantitative estimate of drug-likeness (QED) is 0.144. The third-order valence-electron chi connectivity index (χ3n) is 7.10. The Morgan fingerprint density at radius 3 is 2.33 bits per heavy atom. The van der Waals surface area contributed by atoms with Crippen molar-refractivity contribution in [1.82, 2.24) is 18.7 Å². The van der Waals surface area contributed by atoms with Crippen molar-refractivity contribution in [2.75, 3.05) is 4.90 Å². The molecule has 0 atom stereocenters. The lowest BCUT2D eigenvalue weighted by molar-refractivity contribution is -0.113. The van der Waals surface area contributed by atoms with Gasteiger partial charge in [-0.3, -0.25) is 28.4 Å². The van der Waals surface area contributed by atoms with Crippen molar-refractivity contribution in [3.8, 4) is 5.69 Å². The Morgan fingerprint density at radius 1 is 0.905 bits per heavy atom. The molecule has 0 radical (unpaired) electrons. The van der Waals surface area contributed by atoms with Gasteiger partial charge in [0.2, 0.25) is 0 Å². The molecule has 0 saturated carbocycles. The zero-order chi connectivity index (χ0) is 29.7. The predicted octanol–water partition coefficient (Wildman–Crippen LogP) is 5.67. The van der Waals surface area contributed by atoms with Crippen LogP contribution in [0.5, 0.6) is 0 Å². The van der Waals surface area contributed by atoms with Crippen molar-refractivity contribution in [1.29, 1.82) is 0 Å². The topological polar surface area (TPSA) is 81.6 Å². The van der Waals surface area contributed by atoms with Gasteiger partial charge in [-0.15, -0.1) is 0 Å². The Kier molecular flexibility index (Phi) is 7.25. The maximum absolute atomic E-state index is 13.9. The number of pyridine rings is 1. The first-order chi connectivity index (χ1) is 20.2. The summed E-state index contributed by atoms with van der Waals surface area (Å²) in [4.78, 5) is 48.6. The Bertz CT molecular complexity index is 2060. The third kappa shape index (κ3) is 4.73. The lowest BCUT2D eigenvalue weighted by Gasteiger charge is -2.12. The summed E-state index contributed by atoms with van der Waals surface area (Å²) >= 11 is 8.04. The standard InChI is InChI=1S/C31H25N5O3S3/c1-18-12-14-22(15-13-18)41-27-23(28(37)34-16-8-9-19(2)26(34)32-27)17-24-29(38)35(31(40)42-24)25-20(3)33(4)36(30(25)39)21-10-6-5-7-11-21/h5-17H,1-4H3/b24-17+. The van der Waals surface area contributed by atoms with E-state index in [4.69, 9.17) is 17.2 Å². The first-order valence-corrected chi connectivity index (χ1v) is 15.1. The molecule has 0 spiro atoms. The van der Waals surface area contributed by atoms with Crippen LogP contribution in [0, 0.1) is 20.8 Å². The van der Waals surface area contributed by atoms with Crippen molar-refractivity contribution in [2.45, 2.75) is 30.7 Å². The van der Waals surface area contributed by atoms with Crippen LogP contribution in [0.2, 0.25) is 0 Å². The highest BCUT2D eigenvalue weighted by Gasteiger charge is 2.38. The van der Waals surface area contributed by atoms with Crippen LogP contribution < -0.4 is 16.0 Å². The molecule has 1 aliphatic heterocycles. The first kappa shape index (κ1) is 28.0. The van der Waals surface area contributed by atoms with Crippen molar-refractivity contribution in [3.05, 3.63) is 121 Å². The number of hydrogen-bond acceptors (Lipinski definition) is 7. The summed E-state index contributed by atoms with van der Waals surface area (Å²) in [6.45, 7) is 5.68. The molecule has 11 heteroatoms. The van der Waals surface area contributed by atoms with Gasteiger partial charge in [-0.05, 0) is 62.7 Å². The molecular weight excluding hydrogens is 587 g/mol. The van der Waals surface area contributed by atoms with Gasteiger partial charge < -0.3 is 0 Å². The maximum Gasteiger partial charge on any atom is 0.296 e. The zero-order valence-electron chi connectivity index (χ0n) is 23.2. The van der Waals surface area contributed by atoms with Gasteiger partial charge in [0.25, 0.3) is 17.0 Å². The number of hydrogen-bond donors (Lipinski definition) is 0. The molecule has 0 aliphatic carbocycles. The van der Waals surface area contributed by atoms with E-state index in [0.29, 0.717) is 22.1 Å². The van der Waals surface area contributed by atoms with Crippen LogP contribution in [0.15, 0.2) is 97.3 Å². The van der Waals surface area contributed by atoms with Gasteiger partial charge in [0.05, 0.1) is 21.8 Å². The number of rotatable bonds is 5. The van der Waals surface area contributed by atoms with Crippen LogP contribution in [0.25, 0.3) is 17.4 Å². The molecule has 1 fully saturated rings. The number of thiocarbonyl (C=S) groups is 1. The number of nitrogens with zero attached hydrogens (tertiary/aromatic N) is 5. The molecule has 1 aliphatic rings. The summed E-state index contributed by atoms with van der Waals surface area (Å²) in [5.74, 6) is -0.462. The Morgan fingerprint density at radius 2 is 1.62 bits per heavy atom. The van der Waals surface area contributed by atoms with Crippen molar-refractivity contribution in [3.63, 3.8) is 0 Å². The minimum atomic E-state index is -0.462. The van der Waals surface area contributed by atoms with Crippen LogP contribution >= 0.6 is 35.7 Å². The lowest BCUT2D eigenvalue weighted by atomic mass is 10.2. The monoisotopic (exact) mass is 611 g/mol. The molecule has 5 aromatic rings. The number of anilines is 1. The second-order valence-electron chi connectivity index (χ2n) is 9.86. The van der Waals surface area contributed by atoms with Crippen molar-refractivity contribution < 1.29 is 4.79 Å². The van der Waals surface area contributed by atoms with Gasteiger partial charge >= 0.3 is 0 Å². The molecule has 0 unspecified atom stereocenters. The molecule has 210 valence electrons. The summed E-state index contributed by atoms with van der Waals surface area (Å²) in [6.07, 6.45) is 3.22. The number of thioether (sulfide) groups is 1. The average molecular weight is 612 g/mol. The number of benzene rings is 2. The number of aryl methyl sites for hydroxylation is 2. The van der Waals surface area contributed by atoms with Crippen LogP contribution in [-0.2, 0) is 11.8 Å². The minimum Gasteiger partial charge on any atom is -0.283 e. The van der Waals surface area contributed by atoms with Crippen LogP contribution in [0.3, 0.4) is 0 Å². The molecule has 0 N–H and O–H groups in total. The van der Waals surface area contributed by atoms with Gasteiger partial charge in [-0.2, -0.15) is 0 Å². The molecule has 1 saturated heterocycles. The van der Waals surface area contributed by atoms with Crippen molar-refractivity contribution >= 4 is 63.4 Å². The fraction of sp³-hybridized carbons (Fsp3) is 0.129. The van der Waals surface area contributed by atoms with E-state index >= 15 is 0 Å². The third-order valence-corrected chi connectivity index (χ3v) is 9.42. The molecule has 6 rings (SSSR count). The fourth-order valence-electron chi connectivity index (χ4n) is 4.81. The van der Waals surface area contributed by atoms with E-state index in [1.54, 1.807) is 37.0 Å². The Balaban J connectivity index is 1.47. The SMILES string of the molecule is Cc1ccc(Sc2nc3c(C)cccn3c(=O)c2/C=C2/SC(=S)N(c3c(C)n(C)n(-c4ccccc4)c3=O)C2=O)cc1. The summed E-state index contributed by atoms with van der Waals surface area (Å²) in [5, 5.41) is 0.478. The van der Waals surface area contributed by atoms with E-state index in [1.807, 2.05) is 74.5 Å². The van der Waals surface area contributed by atoms with Gasteiger partial charge in [-0.1, -0.05) is 77.7 Å². The normalized spacial score (nSPS) is 14.5. The van der Waals surface area contributed by atoms with E-state index in [9.17, 15) is 14.4 Å². The first-order valence-electron chi connectivity index (χ1n) is 13.0. The van der Waals surface area contributed by atoms with Crippen LogP contribution in [-0.4, -0.2) is 29.0 Å². The summed E-state index contributed by atoms with van der Waals surface area (Å²) in [5.41, 5.74) is 3.57. The summed E-state index contributed by atoms with van der Waals surface area (Å²) in [7, 11) is 1.76. The molecule has 1 amide bonds. The van der Waals surface area contributed by atoms with Crippen molar-refractivity contribution in [2.24, 2.45) is 7.05 Å². The van der Waals surface area contributed by atoms with Crippen LogP contribution in [0.1, 0.15) is 22.4 Å². The van der Waals surface area contributed by atoms with Gasteiger partial charge in [-0.25, -0.2) is 9.67 Å². The summed E-state index contributed by atoms with van der Waals surface area (Å²) < 4.78 is 4.91. The second kappa shape index (κ2) is 10.9. The molecular formula is C31H25N5O3S3. The van der Waals surface area contributed by atoms with E-state index < -0.39 is 5.91 Å². The smallest absolute Gasteiger partial charge is 0.283 e. The number of carbonyl (C=O) groups excluding carboxylic acids is 1. The van der Waals surface area contributed by atoms with E-state index in [-0.39, 0.29) is 31.6 Å². The Hall–Kier alpha value is -4.19. The zero-order valence-corrected chi connectivity index (χ0v) is 25.6. The lowest BCUT2D eigenvalue weighted by Crippen LogP contribution is -2.33. The maximum atomic E-state index is 13.9. The van der Waals surface area contributed by atoms with Gasteiger partial charge in [0.15, 0.2) is 4.32 Å². The minimum absolute atomic E-state index is 0.186. The number of amides is 1. The highest BCUT2D eigenvalue weighted by molar-refractivity contribution is 8.27. The molecule has 4 heterocycles. The van der Waals surface area contributed by atoms with Gasteiger partial charge in [0, 0.05) is 18.1 Å². The Labute approximate surface area is 255 Å². The fourth-order valence-corrected chi connectivity index (χ4v) is 6.95. The largest absolute Gasteiger partial charge is 0.296 e. The molecule has 0 bridgehead atoms. The average Bonchev–Trinajstić information content (AvgIpc) is 3.37. The number of para-hydroxylation sites is 1. The molecule has 42 heavy (non-hydrogen) atoms. The number of carbonyl (C=O) groups is 1.